The van der Waals surface area contributed by atoms with E-state index in [1.807, 2.05) is 0 Å². The number of hydrogen-bond acceptors (Lipinski definition) is 5. The van der Waals surface area contributed by atoms with Crippen LogP contribution in [0.1, 0.15) is 0 Å². The molecule has 3 aromatic carbocycles. The second-order valence-corrected chi connectivity index (χ2v) is 7.23. The molecule has 0 saturated heterocycles. The highest BCUT2D eigenvalue weighted by Crippen LogP contribution is 2.31. The zero-order chi connectivity index (χ0) is 21.7. The zero-order valence-corrected chi connectivity index (χ0v) is 17.8. The average Bonchev–Trinajstić information content (AvgIpc) is 2.69. The lowest BCUT2D eigenvalue weighted by atomic mass is 10.2. The lowest BCUT2D eigenvalue weighted by Crippen LogP contribution is -2.19. The van der Waals surface area contributed by atoms with Crippen LogP contribution < -0.4 is 20.1 Å². The van der Waals surface area contributed by atoms with E-state index in [9.17, 15) is 10.1 Å². The van der Waals surface area contributed by atoms with Crippen LogP contribution in [-0.4, -0.2) is 17.1 Å². The molecule has 0 aliphatic rings. The molecule has 0 amide bonds. The molecule has 0 heterocycles. The van der Waals surface area contributed by atoms with Crippen LogP contribution in [0.4, 0.5) is 17.1 Å². The molecule has 0 spiro atoms. The van der Waals surface area contributed by atoms with Crippen LogP contribution in [0.15, 0.2) is 60.7 Å². The van der Waals surface area contributed by atoms with Crippen molar-refractivity contribution in [2.45, 2.75) is 0 Å². The van der Waals surface area contributed by atoms with E-state index in [4.69, 9.17) is 44.9 Å². The van der Waals surface area contributed by atoms with Gasteiger partial charge in [-0.05, 0) is 54.7 Å². The predicted molar refractivity (Wildman–Crippen MR) is 122 cm³/mol. The second-order valence-electron chi connectivity index (χ2n) is 5.95. The highest BCUT2D eigenvalue weighted by Gasteiger charge is 2.13. The Morgan fingerprint density at radius 3 is 2.33 bits per heavy atom. The van der Waals surface area contributed by atoms with Crippen molar-refractivity contribution >= 4 is 57.6 Å². The third-order valence-corrected chi connectivity index (χ3v) is 4.51. The zero-order valence-electron chi connectivity index (χ0n) is 15.5. The van der Waals surface area contributed by atoms with E-state index in [1.54, 1.807) is 48.5 Å². The first-order valence-electron chi connectivity index (χ1n) is 8.48. The number of non-ortho nitro benzene ring substituents is 1. The molecule has 0 aromatic heterocycles. The van der Waals surface area contributed by atoms with Crippen molar-refractivity contribution in [3.05, 3.63) is 80.8 Å². The van der Waals surface area contributed by atoms with Gasteiger partial charge in [0.2, 0.25) is 0 Å². The number of rotatable bonds is 6. The molecule has 0 unspecified atom stereocenters. The van der Waals surface area contributed by atoms with Crippen LogP contribution >= 0.6 is 35.4 Å². The lowest BCUT2D eigenvalue weighted by Gasteiger charge is -2.14. The fourth-order valence-electron chi connectivity index (χ4n) is 2.52. The van der Waals surface area contributed by atoms with Crippen molar-refractivity contribution in [1.29, 1.82) is 0 Å². The molecule has 0 saturated carbocycles. The van der Waals surface area contributed by atoms with Crippen LogP contribution in [-0.2, 0) is 0 Å². The van der Waals surface area contributed by atoms with E-state index < -0.39 is 4.92 Å². The van der Waals surface area contributed by atoms with E-state index in [0.717, 1.165) is 0 Å². The van der Waals surface area contributed by atoms with E-state index >= 15 is 0 Å². The molecule has 30 heavy (non-hydrogen) atoms. The maximum absolute atomic E-state index is 11.3. The molecular formula is C20H15Cl2N3O4S. The van der Waals surface area contributed by atoms with Gasteiger partial charge in [0.15, 0.2) is 5.11 Å². The Hall–Kier alpha value is -3.07. The van der Waals surface area contributed by atoms with E-state index in [0.29, 0.717) is 32.9 Å². The van der Waals surface area contributed by atoms with Crippen LogP contribution in [0.25, 0.3) is 0 Å². The SMILES string of the molecule is COc1ccc(Cl)cc1NC(=S)Nc1cc(Oc2ccc(Cl)cc2)cc([N+](=O)[O-])c1. The minimum Gasteiger partial charge on any atom is -0.495 e. The molecule has 0 fully saturated rings. The van der Waals surface area contributed by atoms with Gasteiger partial charge >= 0.3 is 0 Å². The number of nitrogens with one attached hydrogen (secondary N) is 2. The number of halogens is 2. The van der Waals surface area contributed by atoms with Crippen LogP contribution in [0.2, 0.25) is 10.0 Å². The normalized spacial score (nSPS) is 10.2. The van der Waals surface area contributed by atoms with E-state index in [-0.39, 0.29) is 16.5 Å². The number of ether oxygens (including phenoxy) is 2. The molecule has 0 aliphatic carbocycles. The highest BCUT2D eigenvalue weighted by atomic mass is 35.5. The lowest BCUT2D eigenvalue weighted by molar-refractivity contribution is -0.384. The Balaban J connectivity index is 1.81. The summed E-state index contributed by atoms with van der Waals surface area (Å²) in [5.41, 5.74) is 0.754. The monoisotopic (exact) mass is 463 g/mol. The number of benzene rings is 3. The molecule has 0 bridgehead atoms. The molecule has 154 valence electrons. The topological polar surface area (TPSA) is 85.7 Å². The molecule has 0 radical (unpaired) electrons. The number of nitrogens with zero attached hydrogens (tertiary/aromatic N) is 1. The third-order valence-electron chi connectivity index (χ3n) is 3.82. The minimum atomic E-state index is -0.517. The van der Waals surface area contributed by atoms with Gasteiger partial charge in [0, 0.05) is 22.2 Å². The van der Waals surface area contributed by atoms with Crippen molar-refractivity contribution in [3.63, 3.8) is 0 Å². The van der Waals surface area contributed by atoms with Gasteiger partial charge in [0.05, 0.1) is 29.5 Å². The molecule has 2 N–H and O–H groups in total. The average molecular weight is 464 g/mol. The number of methoxy groups -OCH3 is 1. The number of anilines is 2. The van der Waals surface area contributed by atoms with Crippen LogP contribution in [0.3, 0.4) is 0 Å². The Morgan fingerprint density at radius 1 is 0.967 bits per heavy atom. The first-order valence-corrected chi connectivity index (χ1v) is 9.65. The third kappa shape index (κ3) is 5.73. The summed E-state index contributed by atoms with van der Waals surface area (Å²) in [5.74, 6) is 1.28. The molecule has 0 aliphatic heterocycles. The molecule has 7 nitrogen and oxygen atoms in total. The van der Waals surface area contributed by atoms with Crippen LogP contribution in [0.5, 0.6) is 17.2 Å². The van der Waals surface area contributed by atoms with Crippen molar-refractivity contribution in [1.82, 2.24) is 0 Å². The van der Waals surface area contributed by atoms with Gasteiger partial charge in [0.1, 0.15) is 17.2 Å². The Bertz CT molecular complexity index is 1090. The van der Waals surface area contributed by atoms with Crippen molar-refractivity contribution in [2.75, 3.05) is 17.7 Å². The van der Waals surface area contributed by atoms with Crippen LogP contribution in [0, 0.1) is 10.1 Å². The van der Waals surface area contributed by atoms with Gasteiger partial charge in [-0.2, -0.15) is 0 Å². The summed E-state index contributed by atoms with van der Waals surface area (Å²) in [7, 11) is 1.52. The molecule has 0 atom stereocenters. The quantitative estimate of drug-likeness (QED) is 0.244. The summed E-state index contributed by atoms with van der Waals surface area (Å²) in [4.78, 5) is 10.8. The van der Waals surface area contributed by atoms with E-state index in [1.165, 1.54) is 19.2 Å². The van der Waals surface area contributed by atoms with Gasteiger partial charge in [-0.25, -0.2) is 0 Å². The van der Waals surface area contributed by atoms with Gasteiger partial charge in [-0.3, -0.25) is 10.1 Å². The maximum Gasteiger partial charge on any atom is 0.275 e. The predicted octanol–water partition coefficient (Wildman–Crippen LogP) is 6.51. The summed E-state index contributed by atoms with van der Waals surface area (Å²) in [6.45, 7) is 0. The Kier molecular flexibility index (Phi) is 6.94. The first kappa shape index (κ1) is 21.6. The standard InChI is InChI=1S/C20H15Cl2N3O4S/c1-28-19-7-4-13(22)8-18(19)24-20(30)23-14-9-15(25(26)27)11-17(10-14)29-16-5-2-12(21)3-6-16/h2-11H,1H3,(H2,23,24,30). The number of nitro groups is 1. The number of nitro benzene ring substituents is 1. The van der Waals surface area contributed by atoms with Crippen molar-refractivity contribution in [2.24, 2.45) is 0 Å². The van der Waals surface area contributed by atoms with Gasteiger partial charge in [-0.1, -0.05) is 23.2 Å². The summed E-state index contributed by atoms with van der Waals surface area (Å²) in [6.07, 6.45) is 0. The van der Waals surface area contributed by atoms with Gasteiger partial charge < -0.3 is 20.1 Å². The van der Waals surface area contributed by atoms with Crippen molar-refractivity contribution in [3.8, 4) is 17.2 Å². The Morgan fingerprint density at radius 2 is 1.67 bits per heavy atom. The fourth-order valence-corrected chi connectivity index (χ4v) is 3.05. The molecule has 3 rings (SSSR count). The Labute approximate surface area is 187 Å². The summed E-state index contributed by atoms with van der Waals surface area (Å²) >= 11 is 17.2. The summed E-state index contributed by atoms with van der Waals surface area (Å²) in [6, 6.07) is 15.9. The smallest absolute Gasteiger partial charge is 0.275 e. The van der Waals surface area contributed by atoms with Gasteiger partial charge in [0.25, 0.3) is 5.69 Å². The van der Waals surface area contributed by atoms with Gasteiger partial charge in [-0.15, -0.1) is 0 Å². The summed E-state index contributed by atoms with van der Waals surface area (Å²) < 4.78 is 11.0. The molecule has 3 aromatic rings. The fraction of sp³-hybridized carbons (Fsp3) is 0.0500. The molecular weight excluding hydrogens is 449 g/mol. The minimum absolute atomic E-state index is 0.160. The molecule has 10 heteroatoms. The maximum atomic E-state index is 11.3. The largest absolute Gasteiger partial charge is 0.495 e. The highest BCUT2D eigenvalue weighted by molar-refractivity contribution is 7.80. The number of hydrogen-bond donors (Lipinski definition) is 2. The number of thiocarbonyl (C=S) groups is 1. The second kappa shape index (κ2) is 9.62. The van der Waals surface area contributed by atoms with E-state index in [2.05, 4.69) is 10.6 Å². The van der Waals surface area contributed by atoms with Crippen molar-refractivity contribution < 1.29 is 14.4 Å². The summed E-state index contributed by atoms with van der Waals surface area (Å²) in [5, 5.41) is 18.4. The first-order chi connectivity index (χ1) is 14.3.